The molecule has 0 saturated carbocycles. The SMILES string of the molecule is CCNC(=NCc1ccon1)N1CCOC(C2CCCO2)C1.I. The van der Waals surface area contributed by atoms with Crippen molar-refractivity contribution in [3.05, 3.63) is 18.0 Å². The highest BCUT2D eigenvalue weighted by Crippen LogP contribution is 2.21. The van der Waals surface area contributed by atoms with Crippen LogP contribution in [0.3, 0.4) is 0 Å². The molecule has 1 N–H and O–H groups in total. The maximum absolute atomic E-state index is 5.89. The Labute approximate surface area is 153 Å². The van der Waals surface area contributed by atoms with E-state index in [1.165, 1.54) is 0 Å². The van der Waals surface area contributed by atoms with Gasteiger partial charge in [-0.25, -0.2) is 4.99 Å². The van der Waals surface area contributed by atoms with Gasteiger partial charge in [0.2, 0.25) is 0 Å². The zero-order chi connectivity index (χ0) is 15.2. The van der Waals surface area contributed by atoms with Crippen molar-refractivity contribution in [2.45, 2.75) is 38.5 Å². The van der Waals surface area contributed by atoms with Gasteiger partial charge in [-0.2, -0.15) is 0 Å². The molecule has 2 unspecified atom stereocenters. The van der Waals surface area contributed by atoms with E-state index in [9.17, 15) is 0 Å². The van der Waals surface area contributed by atoms with Crippen LogP contribution in [0.2, 0.25) is 0 Å². The molecular weight excluding hydrogens is 411 g/mol. The first kappa shape index (κ1) is 18.5. The first-order valence-corrected chi connectivity index (χ1v) is 8.02. The van der Waals surface area contributed by atoms with Gasteiger partial charge in [0, 0.05) is 32.3 Å². The van der Waals surface area contributed by atoms with Gasteiger partial charge >= 0.3 is 0 Å². The predicted molar refractivity (Wildman–Crippen MR) is 97.0 cm³/mol. The molecule has 3 rings (SSSR count). The first-order chi connectivity index (χ1) is 10.9. The van der Waals surface area contributed by atoms with E-state index >= 15 is 0 Å². The zero-order valence-electron chi connectivity index (χ0n) is 13.4. The highest BCUT2D eigenvalue weighted by molar-refractivity contribution is 14.0. The number of ether oxygens (including phenoxy) is 2. The standard InChI is InChI=1S/C15H24N4O3.HI/c1-2-16-15(17-10-12-5-8-22-18-12)19-6-9-21-14(11-19)13-4-3-7-20-13;/h5,8,13-14H,2-4,6-7,9-11H2,1H3,(H,16,17);1H. The summed E-state index contributed by atoms with van der Waals surface area (Å²) in [6.45, 7) is 6.64. The highest BCUT2D eigenvalue weighted by Gasteiger charge is 2.32. The number of aromatic nitrogens is 1. The van der Waals surface area contributed by atoms with Gasteiger partial charge in [-0.15, -0.1) is 24.0 Å². The molecule has 0 aliphatic carbocycles. The number of rotatable bonds is 4. The Balaban J connectivity index is 0.00000192. The molecule has 2 atom stereocenters. The van der Waals surface area contributed by atoms with Crippen molar-refractivity contribution in [1.29, 1.82) is 0 Å². The second kappa shape index (κ2) is 9.43. The van der Waals surface area contributed by atoms with Crippen LogP contribution < -0.4 is 5.32 Å². The number of hydrogen-bond acceptors (Lipinski definition) is 5. The summed E-state index contributed by atoms with van der Waals surface area (Å²) in [5.74, 6) is 0.900. The van der Waals surface area contributed by atoms with Gasteiger partial charge in [0.25, 0.3) is 0 Å². The van der Waals surface area contributed by atoms with E-state index < -0.39 is 0 Å². The van der Waals surface area contributed by atoms with Crippen LogP contribution in [0.25, 0.3) is 0 Å². The second-order valence-electron chi connectivity index (χ2n) is 5.57. The van der Waals surface area contributed by atoms with Crippen molar-refractivity contribution >= 4 is 29.9 Å². The van der Waals surface area contributed by atoms with Gasteiger partial charge in [-0.05, 0) is 19.8 Å². The summed E-state index contributed by atoms with van der Waals surface area (Å²) in [6.07, 6.45) is 4.14. The molecule has 1 aromatic heterocycles. The molecule has 8 heteroatoms. The van der Waals surface area contributed by atoms with E-state index in [2.05, 4.69) is 27.3 Å². The molecular formula is C15H25IN4O3. The van der Waals surface area contributed by atoms with Gasteiger partial charge in [0.15, 0.2) is 5.96 Å². The Bertz CT molecular complexity index is 477. The van der Waals surface area contributed by atoms with Gasteiger partial charge in [0.1, 0.15) is 18.1 Å². The lowest BCUT2D eigenvalue weighted by atomic mass is 10.1. The minimum atomic E-state index is 0. The maximum atomic E-state index is 5.89. The Morgan fingerprint density at radius 3 is 2.96 bits per heavy atom. The summed E-state index contributed by atoms with van der Waals surface area (Å²) in [4.78, 5) is 6.90. The van der Waals surface area contributed by atoms with E-state index in [0.29, 0.717) is 13.2 Å². The van der Waals surface area contributed by atoms with Crippen LogP contribution in [-0.4, -0.2) is 61.1 Å². The average Bonchev–Trinajstić information content (AvgIpc) is 3.24. The van der Waals surface area contributed by atoms with Crippen molar-refractivity contribution in [2.75, 3.05) is 32.8 Å². The smallest absolute Gasteiger partial charge is 0.194 e. The van der Waals surface area contributed by atoms with Crippen LogP contribution in [0.5, 0.6) is 0 Å². The monoisotopic (exact) mass is 436 g/mol. The van der Waals surface area contributed by atoms with Crippen LogP contribution in [0.1, 0.15) is 25.5 Å². The molecule has 7 nitrogen and oxygen atoms in total. The van der Waals surface area contributed by atoms with Crippen LogP contribution in [0.15, 0.2) is 21.8 Å². The Kier molecular flexibility index (Phi) is 7.57. The molecule has 0 radical (unpaired) electrons. The lowest BCUT2D eigenvalue weighted by Gasteiger charge is -2.37. The number of morpholine rings is 1. The fraction of sp³-hybridized carbons (Fsp3) is 0.733. The number of halogens is 1. The molecule has 130 valence electrons. The molecule has 3 heterocycles. The lowest BCUT2D eigenvalue weighted by Crippen LogP contribution is -2.53. The molecule has 1 aromatic rings. The fourth-order valence-electron chi connectivity index (χ4n) is 2.89. The molecule has 2 saturated heterocycles. The highest BCUT2D eigenvalue weighted by atomic mass is 127. The van der Waals surface area contributed by atoms with Gasteiger partial charge in [0.05, 0.1) is 19.3 Å². The normalized spacial score (nSPS) is 25.3. The molecule has 23 heavy (non-hydrogen) atoms. The van der Waals surface area contributed by atoms with Crippen molar-refractivity contribution < 1.29 is 14.0 Å². The van der Waals surface area contributed by atoms with Crippen molar-refractivity contribution in [2.24, 2.45) is 4.99 Å². The summed E-state index contributed by atoms with van der Waals surface area (Å²) in [5.41, 5.74) is 0.833. The molecule has 0 aromatic carbocycles. The fourth-order valence-corrected chi connectivity index (χ4v) is 2.89. The largest absolute Gasteiger partial charge is 0.375 e. The topological polar surface area (TPSA) is 72.1 Å². The van der Waals surface area contributed by atoms with E-state index in [-0.39, 0.29) is 36.2 Å². The van der Waals surface area contributed by atoms with Crippen LogP contribution in [0, 0.1) is 0 Å². The molecule has 0 spiro atoms. The average molecular weight is 436 g/mol. The van der Waals surface area contributed by atoms with Crippen LogP contribution in [0.4, 0.5) is 0 Å². The third kappa shape index (κ3) is 5.05. The summed E-state index contributed by atoms with van der Waals surface area (Å²) < 4.78 is 16.5. The third-order valence-electron chi connectivity index (χ3n) is 3.99. The number of aliphatic imine (C=N–C) groups is 1. The molecule has 2 aliphatic heterocycles. The van der Waals surface area contributed by atoms with Gasteiger partial charge < -0.3 is 24.2 Å². The summed E-state index contributed by atoms with van der Waals surface area (Å²) >= 11 is 0. The Morgan fingerprint density at radius 1 is 1.39 bits per heavy atom. The third-order valence-corrected chi connectivity index (χ3v) is 3.99. The number of nitrogens with one attached hydrogen (secondary N) is 1. The van der Waals surface area contributed by atoms with E-state index in [1.807, 2.05) is 6.07 Å². The zero-order valence-corrected chi connectivity index (χ0v) is 15.8. The first-order valence-electron chi connectivity index (χ1n) is 8.02. The number of guanidine groups is 1. The minimum absolute atomic E-state index is 0. The van der Waals surface area contributed by atoms with Gasteiger partial charge in [-0.1, -0.05) is 5.16 Å². The summed E-state index contributed by atoms with van der Waals surface area (Å²) in [6, 6.07) is 1.83. The van der Waals surface area contributed by atoms with E-state index in [1.54, 1.807) is 6.26 Å². The predicted octanol–water partition coefficient (Wildman–Crippen LogP) is 1.64. The quantitative estimate of drug-likeness (QED) is 0.440. The van der Waals surface area contributed by atoms with Crippen LogP contribution >= 0.6 is 24.0 Å². The second-order valence-corrected chi connectivity index (χ2v) is 5.57. The van der Waals surface area contributed by atoms with Gasteiger partial charge in [-0.3, -0.25) is 0 Å². The lowest BCUT2D eigenvalue weighted by molar-refractivity contribution is -0.0817. The Hall–Kier alpha value is -0.870. The van der Waals surface area contributed by atoms with Crippen molar-refractivity contribution in [3.63, 3.8) is 0 Å². The van der Waals surface area contributed by atoms with Crippen LogP contribution in [-0.2, 0) is 16.0 Å². The summed E-state index contributed by atoms with van der Waals surface area (Å²) in [5, 5.41) is 7.25. The number of hydrogen-bond donors (Lipinski definition) is 1. The Morgan fingerprint density at radius 2 is 2.26 bits per heavy atom. The maximum Gasteiger partial charge on any atom is 0.194 e. The molecule has 0 amide bonds. The molecule has 0 bridgehead atoms. The molecule has 2 aliphatic rings. The van der Waals surface area contributed by atoms with Crippen molar-refractivity contribution in [3.8, 4) is 0 Å². The van der Waals surface area contributed by atoms with Crippen molar-refractivity contribution in [1.82, 2.24) is 15.4 Å². The van der Waals surface area contributed by atoms with E-state index in [0.717, 1.165) is 50.7 Å². The minimum Gasteiger partial charge on any atom is -0.375 e. The summed E-state index contributed by atoms with van der Waals surface area (Å²) in [7, 11) is 0. The van der Waals surface area contributed by atoms with E-state index in [4.69, 9.17) is 14.0 Å². The molecule has 2 fully saturated rings. The number of nitrogens with zero attached hydrogens (tertiary/aromatic N) is 3.